The summed E-state index contributed by atoms with van der Waals surface area (Å²) < 4.78 is 27.1. The highest BCUT2D eigenvalue weighted by atomic mass is 32.2. The topological polar surface area (TPSA) is 64.0 Å². The smallest absolute Gasteiger partial charge is 0.229 e. The van der Waals surface area contributed by atoms with Crippen molar-refractivity contribution in [2.24, 2.45) is 7.05 Å². The van der Waals surface area contributed by atoms with Crippen LogP contribution in [0.5, 0.6) is 0 Å². The molecule has 0 bridgehead atoms. The molecule has 0 amide bonds. The van der Waals surface area contributed by atoms with Crippen molar-refractivity contribution in [2.75, 3.05) is 11.0 Å². The van der Waals surface area contributed by atoms with Gasteiger partial charge in [0.15, 0.2) is 0 Å². The second-order valence-electron chi connectivity index (χ2n) is 4.38. The van der Waals surface area contributed by atoms with Crippen LogP contribution in [0.3, 0.4) is 0 Å². The quantitative estimate of drug-likeness (QED) is 0.920. The highest BCUT2D eigenvalue weighted by molar-refractivity contribution is 7.92. The highest BCUT2D eigenvalue weighted by Crippen LogP contribution is 2.24. The van der Waals surface area contributed by atoms with Gasteiger partial charge in [-0.3, -0.25) is 4.72 Å². The second-order valence-corrected chi connectivity index (χ2v) is 6.13. The molecule has 2 aromatic rings. The molecule has 1 N–H and O–H groups in total. The molecule has 1 aromatic heterocycles. The average molecular weight is 267 g/mol. The molecule has 1 aromatic carbocycles. The van der Waals surface area contributed by atoms with Crippen molar-refractivity contribution in [3.05, 3.63) is 24.0 Å². The molecular weight excluding hydrogens is 250 g/mol. The zero-order valence-electron chi connectivity index (χ0n) is 10.8. The number of benzene rings is 1. The van der Waals surface area contributed by atoms with E-state index in [-0.39, 0.29) is 0 Å². The van der Waals surface area contributed by atoms with E-state index >= 15 is 0 Å². The number of hydrogen-bond acceptors (Lipinski definition) is 3. The summed E-state index contributed by atoms with van der Waals surface area (Å²) in [5.41, 5.74) is 2.17. The molecule has 6 heteroatoms. The summed E-state index contributed by atoms with van der Waals surface area (Å²) in [6.45, 7) is 2.09. The third-order valence-electron chi connectivity index (χ3n) is 2.77. The number of anilines is 1. The number of para-hydroxylation sites is 1. The van der Waals surface area contributed by atoms with Crippen LogP contribution in [-0.2, 0) is 23.5 Å². The van der Waals surface area contributed by atoms with E-state index in [4.69, 9.17) is 0 Å². The van der Waals surface area contributed by atoms with Crippen molar-refractivity contribution in [1.82, 2.24) is 9.55 Å². The summed E-state index contributed by atoms with van der Waals surface area (Å²) in [6.07, 6.45) is 3.03. The first kappa shape index (κ1) is 12.9. The Morgan fingerprint density at radius 3 is 2.72 bits per heavy atom. The Bertz CT molecular complexity index is 674. The summed E-state index contributed by atoms with van der Waals surface area (Å²) in [6, 6.07) is 5.49. The molecule has 0 aliphatic heterocycles. The third-order valence-corrected chi connectivity index (χ3v) is 3.36. The van der Waals surface area contributed by atoms with Crippen LogP contribution in [0.4, 0.5) is 5.69 Å². The molecule has 0 saturated heterocycles. The number of hydrogen-bond donors (Lipinski definition) is 1. The SMILES string of the molecule is CCCc1nc2c(NS(C)(=O)=O)cccc2n1C. The Balaban J connectivity index is 2.59. The first-order valence-corrected chi connectivity index (χ1v) is 7.73. The number of nitrogens with one attached hydrogen (secondary N) is 1. The van der Waals surface area contributed by atoms with Crippen LogP contribution in [0.2, 0.25) is 0 Å². The van der Waals surface area contributed by atoms with Gasteiger partial charge in [0.05, 0.1) is 17.5 Å². The predicted octanol–water partition coefficient (Wildman–Crippen LogP) is 1.90. The maximum absolute atomic E-state index is 11.3. The lowest BCUT2D eigenvalue weighted by atomic mass is 10.3. The molecule has 2 rings (SSSR count). The Morgan fingerprint density at radius 2 is 2.11 bits per heavy atom. The molecule has 0 aliphatic rings. The van der Waals surface area contributed by atoms with Crippen molar-refractivity contribution in [1.29, 1.82) is 0 Å². The van der Waals surface area contributed by atoms with Crippen LogP contribution >= 0.6 is 0 Å². The van der Waals surface area contributed by atoms with Gasteiger partial charge in [0, 0.05) is 13.5 Å². The van der Waals surface area contributed by atoms with Crippen molar-refractivity contribution in [3.63, 3.8) is 0 Å². The second kappa shape index (κ2) is 4.61. The normalized spacial score (nSPS) is 11.9. The molecular formula is C12H17N3O2S. The molecule has 0 atom stereocenters. The Labute approximate surface area is 107 Å². The van der Waals surface area contributed by atoms with Gasteiger partial charge < -0.3 is 4.57 Å². The van der Waals surface area contributed by atoms with E-state index in [1.807, 2.05) is 23.7 Å². The van der Waals surface area contributed by atoms with E-state index in [1.54, 1.807) is 6.07 Å². The fourth-order valence-corrected chi connectivity index (χ4v) is 2.56. The third kappa shape index (κ3) is 2.48. The van der Waals surface area contributed by atoms with E-state index < -0.39 is 10.0 Å². The predicted molar refractivity (Wildman–Crippen MR) is 73.2 cm³/mol. The van der Waals surface area contributed by atoms with Gasteiger partial charge in [-0.2, -0.15) is 0 Å². The zero-order valence-corrected chi connectivity index (χ0v) is 11.6. The summed E-state index contributed by atoms with van der Waals surface area (Å²) in [4.78, 5) is 4.52. The molecule has 0 saturated carbocycles. The summed E-state index contributed by atoms with van der Waals surface area (Å²) in [5.74, 6) is 0.968. The highest BCUT2D eigenvalue weighted by Gasteiger charge is 2.12. The lowest BCUT2D eigenvalue weighted by Gasteiger charge is -2.04. The molecule has 1 heterocycles. The van der Waals surface area contributed by atoms with Crippen LogP contribution < -0.4 is 4.72 Å². The molecule has 0 spiro atoms. The minimum absolute atomic E-state index is 0.535. The standard InChI is InChI=1S/C12H17N3O2S/c1-4-6-11-13-12-9(14-18(3,16)17)7-5-8-10(12)15(11)2/h5,7-8,14H,4,6H2,1-3H3. The fourth-order valence-electron chi connectivity index (χ4n) is 1.99. The summed E-state index contributed by atoms with van der Waals surface area (Å²) in [7, 11) is -1.33. The van der Waals surface area contributed by atoms with E-state index in [1.165, 1.54) is 0 Å². The van der Waals surface area contributed by atoms with Crippen LogP contribution in [0.15, 0.2) is 18.2 Å². The number of sulfonamides is 1. The molecule has 0 radical (unpaired) electrons. The lowest BCUT2D eigenvalue weighted by Crippen LogP contribution is -2.09. The van der Waals surface area contributed by atoms with Crippen LogP contribution in [0.25, 0.3) is 11.0 Å². The van der Waals surface area contributed by atoms with Crippen LogP contribution in [0.1, 0.15) is 19.2 Å². The Kier molecular flexibility index (Phi) is 3.30. The Hall–Kier alpha value is -1.56. The van der Waals surface area contributed by atoms with Crippen molar-refractivity contribution in [3.8, 4) is 0 Å². The first-order chi connectivity index (χ1) is 8.42. The van der Waals surface area contributed by atoms with E-state index in [9.17, 15) is 8.42 Å². The van der Waals surface area contributed by atoms with Crippen molar-refractivity contribution in [2.45, 2.75) is 19.8 Å². The molecule has 0 fully saturated rings. The summed E-state index contributed by atoms with van der Waals surface area (Å²) >= 11 is 0. The number of nitrogens with zero attached hydrogens (tertiary/aromatic N) is 2. The van der Waals surface area contributed by atoms with Gasteiger partial charge in [-0.15, -0.1) is 0 Å². The number of aryl methyl sites for hydroxylation is 2. The van der Waals surface area contributed by atoms with Gasteiger partial charge in [0.25, 0.3) is 0 Å². The molecule has 18 heavy (non-hydrogen) atoms. The Morgan fingerprint density at radius 1 is 1.39 bits per heavy atom. The van der Waals surface area contributed by atoms with E-state index in [0.29, 0.717) is 11.2 Å². The van der Waals surface area contributed by atoms with Gasteiger partial charge in [-0.25, -0.2) is 13.4 Å². The molecule has 5 nitrogen and oxygen atoms in total. The zero-order chi connectivity index (χ0) is 13.3. The minimum Gasteiger partial charge on any atom is -0.331 e. The number of aromatic nitrogens is 2. The van der Waals surface area contributed by atoms with Gasteiger partial charge in [0.2, 0.25) is 10.0 Å². The van der Waals surface area contributed by atoms with Crippen LogP contribution in [-0.4, -0.2) is 24.2 Å². The average Bonchev–Trinajstić information content (AvgIpc) is 2.57. The molecule has 0 aliphatic carbocycles. The van der Waals surface area contributed by atoms with Gasteiger partial charge in [0.1, 0.15) is 11.3 Å². The van der Waals surface area contributed by atoms with Gasteiger partial charge in [-0.05, 0) is 18.6 Å². The van der Waals surface area contributed by atoms with Crippen LogP contribution in [0, 0.1) is 0 Å². The van der Waals surface area contributed by atoms with E-state index in [0.717, 1.165) is 30.4 Å². The van der Waals surface area contributed by atoms with E-state index in [2.05, 4.69) is 16.6 Å². The lowest BCUT2D eigenvalue weighted by molar-refractivity contribution is 0.607. The van der Waals surface area contributed by atoms with Gasteiger partial charge in [-0.1, -0.05) is 13.0 Å². The van der Waals surface area contributed by atoms with Gasteiger partial charge >= 0.3 is 0 Å². The molecule has 98 valence electrons. The minimum atomic E-state index is -3.28. The summed E-state index contributed by atoms with van der Waals surface area (Å²) in [5, 5.41) is 0. The van der Waals surface area contributed by atoms with Crippen molar-refractivity contribution >= 4 is 26.7 Å². The number of rotatable bonds is 4. The monoisotopic (exact) mass is 267 g/mol. The maximum Gasteiger partial charge on any atom is 0.229 e. The number of imidazole rings is 1. The molecule has 0 unspecified atom stereocenters. The maximum atomic E-state index is 11.3. The first-order valence-electron chi connectivity index (χ1n) is 5.84. The number of fused-ring (bicyclic) bond motifs is 1. The fraction of sp³-hybridized carbons (Fsp3) is 0.417. The largest absolute Gasteiger partial charge is 0.331 e. The van der Waals surface area contributed by atoms with Crippen molar-refractivity contribution < 1.29 is 8.42 Å².